The fourth-order valence-corrected chi connectivity index (χ4v) is 3.31. The first-order chi connectivity index (χ1) is 13.4. The van der Waals surface area contributed by atoms with Gasteiger partial charge in [-0.1, -0.05) is 46.6 Å². The molecule has 0 aliphatic heterocycles. The van der Waals surface area contributed by atoms with Crippen LogP contribution < -0.4 is 0 Å². The fraction of sp³-hybridized carbons (Fsp3) is 0.350. The van der Waals surface area contributed by atoms with Crippen LogP contribution in [0.5, 0.6) is 0 Å². The van der Waals surface area contributed by atoms with Crippen molar-refractivity contribution in [1.82, 2.24) is 24.8 Å². The molecule has 0 aliphatic carbocycles. The highest BCUT2D eigenvalue weighted by Gasteiger charge is 2.17. The van der Waals surface area contributed by atoms with Gasteiger partial charge in [-0.15, -0.1) is 5.10 Å². The van der Waals surface area contributed by atoms with Gasteiger partial charge in [0.1, 0.15) is 12.1 Å². The van der Waals surface area contributed by atoms with E-state index in [9.17, 15) is 4.79 Å². The summed E-state index contributed by atoms with van der Waals surface area (Å²) < 4.78 is 1.64. The Morgan fingerprint density at radius 2 is 1.86 bits per heavy atom. The summed E-state index contributed by atoms with van der Waals surface area (Å²) in [5, 5.41) is 9.25. The van der Waals surface area contributed by atoms with E-state index < -0.39 is 0 Å². The molecule has 0 unspecified atom stereocenters. The zero-order valence-corrected chi connectivity index (χ0v) is 17.5. The monoisotopic (exact) mass is 419 g/mol. The molecule has 6 nitrogen and oxygen atoms in total. The molecule has 3 aromatic rings. The molecule has 0 aliphatic rings. The van der Waals surface area contributed by atoms with Crippen LogP contribution in [0.1, 0.15) is 12.0 Å². The van der Waals surface area contributed by atoms with Crippen molar-refractivity contribution in [2.45, 2.75) is 19.5 Å². The molecule has 0 saturated heterocycles. The van der Waals surface area contributed by atoms with E-state index >= 15 is 0 Å². The van der Waals surface area contributed by atoms with Crippen molar-refractivity contribution in [3.05, 3.63) is 58.1 Å². The van der Waals surface area contributed by atoms with Gasteiger partial charge in [-0.25, -0.2) is 4.68 Å². The van der Waals surface area contributed by atoms with Crippen LogP contribution in [0, 0.1) is 0 Å². The van der Waals surface area contributed by atoms with Gasteiger partial charge < -0.3 is 9.80 Å². The number of amides is 1. The number of aromatic nitrogens is 3. The molecule has 0 radical (unpaired) electrons. The second kappa shape index (κ2) is 9.37. The van der Waals surface area contributed by atoms with Crippen LogP contribution in [-0.2, 0) is 17.9 Å². The molecule has 0 atom stereocenters. The van der Waals surface area contributed by atoms with Gasteiger partial charge in [-0.05, 0) is 56.9 Å². The van der Waals surface area contributed by atoms with E-state index in [0.29, 0.717) is 23.1 Å². The number of hydrogen-bond donors (Lipinski definition) is 0. The van der Waals surface area contributed by atoms with Gasteiger partial charge in [0.25, 0.3) is 0 Å². The van der Waals surface area contributed by atoms with E-state index in [0.717, 1.165) is 29.6 Å². The van der Waals surface area contributed by atoms with E-state index in [1.165, 1.54) is 0 Å². The summed E-state index contributed by atoms with van der Waals surface area (Å²) in [5.41, 5.74) is 2.56. The minimum Gasteiger partial charge on any atom is -0.337 e. The lowest BCUT2D eigenvalue weighted by Gasteiger charge is -2.24. The van der Waals surface area contributed by atoms with Crippen molar-refractivity contribution >= 4 is 40.1 Å². The number of hydrogen-bond acceptors (Lipinski definition) is 4. The molecular formula is C20H23Cl2N5O. The van der Waals surface area contributed by atoms with E-state index in [1.54, 1.807) is 16.8 Å². The number of para-hydroxylation sites is 1. The van der Waals surface area contributed by atoms with Gasteiger partial charge in [0.05, 0.1) is 15.6 Å². The molecule has 2 aromatic carbocycles. The van der Waals surface area contributed by atoms with Gasteiger partial charge >= 0.3 is 0 Å². The van der Waals surface area contributed by atoms with Crippen LogP contribution in [0.2, 0.25) is 10.0 Å². The summed E-state index contributed by atoms with van der Waals surface area (Å²) in [4.78, 5) is 17.0. The first-order valence-corrected chi connectivity index (χ1v) is 9.84. The highest BCUT2D eigenvalue weighted by atomic mass is 35.5. The predicted molar refractivity (Wildman–Crippen MR) is 113 cm³/mol. The Morgan fingerprint density at radius 1 is 1.07 bits per heavy atom. The summed E-state index contributed by atoms with van der Waals surface area (Å²) in [6.45, 7) is 2.15. The Kier molecular flexibility index (Phi) is 6.88. The minimum atomic E-state index is -0.0134. The van der Waals surface area contributed by atoms with Crippen LogP contribution in [-0.4, -0.2) is 57.9 Å². The third-order valence-corrected chi connectivity index (χ3v) is 5.19. The molecule has 1 amide bonds. The molecule has 0 spiro atoms. The van der Waals surface area contributed by atoms with Crippen LogP contribution in [0.4, 0.5) is 0 Å². The van der Waals surface area contributed by atoms with Gasteiger partial charge in [-0.2, -0.15) is 0 Å². The average Bonchev–Trinajstić information content (AvgIpc) is 3.06. The quantitative estimate of drug-likeness (QED) is 0.558. The van der Waals surface area contributed by atoms with Gasteiger partial charge in [0.15, 0.2) is 0 Å². The molecule has 1 heterocycles. The second-order valence-corrected chi connectivity index (χ2v) is 7.77. The number of rotatable bonds is 8. The molecule has 0 bridgehead atoms. The number of nitrogens with zero attached hydrogens (tertiary/aromatic N) is 5. The van der Waals surface area contributed by atoms with Gasteiger partial charge in [0, 0.05) is 13.1 Å². The Labute approximate surface area is 174 Å². The van der Waals surface area contributed by atoms with Crippen molar-refractivity contribution in [3.63, 3.8) is 0 Å². The molecule has 3 rings (SSSR count). The molecule has 28 heavy (non-hydrogen) atoms. The summed E-state index contributed by atoms with van der Waals surface area (Å²) >= 11 is 12.2. The standard InChI is InChI=1S/C20H23Cl2N5O/c1-25(2)10-5-11-26(13-15-8-9-16(21)17(22)12-15)20(28)14-27-19-7-4-3-6-18(19)23-24-27/h3-4,6-9,12H,5,10-11,13-14H2,1-2H3. The minimum absolute atomic E-state index is 0.0134. The van der Waals surface area contributed by atoms with E-state index in [4.69, 9.17) is 23.2 Å². The number of halogens is 2. The first kappa shape index (κ1) is 20.6. The van der Waals surface area contributed by atoms with Gasteiger partial charge in [0.2, 0.25) is 5.91 Å². The molecule has 0 fully saturated rings. The largest absolute Gasteiger partial charge is 0.337 e. The van der Waals surface area contributed by atoms with Crippen molar-refractivity contribution in [2.75, 3.05) is 27.2 Å². The van der Waals surface area contributed by atoms with Crippen molar-refractivity contribution in [3.8, 4) is 0 Å². The van der Waals surface area contributed by atoms with Crippen LogP contribution in [0.15, 0.2) is 42.5 Å². The van der Waals surface area contributed by atoms with E-state index in [1.807, 2.05) is 49.3 Å². The SMILES string of the molecule is CN(C)CCCN(Cc1ccc(Cl)c(Cl)c1)C(=O)Cn1nnc2ccccc21. The highest BCUT2D eigenvalue weighted by Crippen LogP contribution is 2.23. The lowest BCUT2D eigenvalue weighted by molar-refractivity contribution is -0.132. The molecular weight excluding hydrogens is 397 g/mol. The Bertz CT molecular complexity index is 957. The lowest BCUT2D eigenvalue weighted by Crippen LogP contribution is -2.35. The van der Waals surface area contributed by atoms with E-state index in [2.05, 4.69) is 15.2 Å². The first-order valence-electron chi connectivity index (χ1n) is 9.08. The zero-order chi connectivity index (χ0) is 20.1. The lowest BCUT2D eigenvalue weighted by atomic mass is 10.2. The molecule has 8 heteroatoms. The van der Waals surface area contributed by atoms with Gasteiger partial charge in [-0.3, -0.25) is 4.79 Å². The smallest absolute Gasteiger partial charge is 0.244 e. The maximum Gasteiger partial charge on any atom is 0.244 e. The molecule has 0 N–H and O–H groups in total. The maximum absolute atomic E-state index is 13.1. The van der Waals surface area contributed by atoms with Crippen LogP contribution in [0.3, 0.4) is 0 Å². The Balaban J connectivity index is 1.76. The third kappa shape index (κ3) is 5.22. The second-order valence-electron chi connectivity index (χ2n) is 6.96. The summed E-state index contributed by atoms with van der Waals surface area (Å²) in [6.07, 6.45) is 0.873. The molecule has 0 saturated carbocycles. The highest BCUT2D eigenvalue weighted by molar-refractivity contribution is 6.42. The van der Waals surface area contributed by atoms with Crippen molar-refractivity contribution in [1.29, 1.82) is 0 Å². The van der Waals surface area contributed by atoms with E-state index in [-0.39, 0.29) is 12.5 Å². The summed E-state index contributed by atoms with van der Waals surface area (Å²) in [6, 6.07) is 13.1. The zero-order valence-electron chi connectivity index (χ0n) is 16.0. The normalized spacial score (nSPS) is 11.3. The third-order valence-electron chi connectivity index (χ3n) is 4.45. The number of carbonyl (C=O) groups excluding carboxylic acids is 1. The number of fused-ring (bicyclic) bond motifs is 1. The molecule has 1 aromatic heterocycles. The maximum atomic E-state index is 13.1. The van der Waals surface area contributed by atoms with Crippen LogP contribution >= 0.6 is 23.2 Å². The summed E-state index contributed by atoms with van der Waals surface area (Å²) in [7, 11) is 4.04. The Hall–Kier alpha value is -2.15. The fourth-order valence-electron chi connectivity index (χ4n) is 2.99. The summed E-state index contributed by atoms with van der Waals surface area (Å²) in [5.74, 6) is -0.0134. The number of carbonyl (C=O) groups is 1. The van der Waals surface area contributed by atoms with Crippen molar-refractivity contribution < 1.29 is 4.79 Å². The topological polar surface area (TPSA) is 54.3 Å². The molecule has 148 valence electrons. The van der Waals surface area contributed by atoms with Crippen molar-refractivity contribution in [2.24, 2.45) is 0 Å². The van der Waals surface area contributed by atoms with Crippen LogP contribution in [0.25, 0.3) is 11.0 Å². The Morgan fingerprint density at radius 3 is 2.61 bits per heavy atom. The average molecular weight is 420 g/mol. The predicted octanol–water partition coefficient (Wildman–Crippen LogP) is 3.72. The number of benzene rings is 2.